The number of halogens is 4. The largest absolute Gasteiger partial charge is 0.416 e. The van der Waals surface area contributed by atoms with Gasteiger partial charge in [0.25, 0.3) is 0 Å². The molecule has 112 valence electrons. The molecule has 0 radical (unpaired) electrons. The lowest BCUT2D eigenvalue weighted by molar-refractivity contribution is -0.137. The van der Waals surface area contributed by atoms with Gasteiger partial charge in [-0.2, -0.15) is 13.2 Å². The van der Waals surface area contributed by atoms with E-state index in [1.54, 1.807) is 0 Å². The third-order valence-corrected chi connectivity index (χ3v) is 3.93. The fraction of sp³-hybridized carbons (Fsp3) is 0.538. The Hall–Kier alpha value is -0.790. The molecule has 2 unspecified atom stereocenters. The van der Waals surface area contributed by atoms with Gasteiger partial charge in [0, 0.05) is 17.1 Å². The first-order valence-electron chi connectivity index (χ1n) is 6.18. The summed E-state index contributed by atoms with van der Waals surface area (Å²) in [5, 5.41) is 9.15. The van der Waals surface area contributed by atoms with Crippen LogP contribution in [0.5, 0.6) is 0 Å². The average Bonchev–Trinajstić information content (AvgIpc) is 2.38. The van der Waals surface area contributed by atoms with Crippen LogP contribution < -0.4 is 4.90 Å². The Morgan fingerprint density at radius 3 is 2.70 bits per heavy atom. The number of alkyl halides is 3. The number of anilines is 1. The van der Waals surface area contributed by atoms with Crippen LogP contribution >= 0.6 is 15.9 Å². The van der Waals surface area contributed by atoms with Crippen molar-refractivity contribution < 1.29 is 23.0 Å². The molecule has 0 spiro atoms. The second-order valence-electron chi connectivity index (χ2n) is 4.80. The molecule has 1 aromatic carbocycles. The topological polar surface area (TPSA) is 32.7 Å². The fourth-order valence-corrected chi connectivity index (χ4v) is 2.79. The molecule has 1 aliphatic rings. The summed E-state index contributed by atoms with van der Waals surface area (Å²) in [4.78, 5) is 1.94. The minimum absolute atomic E-state index is 0.0332. The molecular weight excluding hydrogens is 339 g/mol. The molecule has 2 rings (SSSR count). The standard InChI is InChI=1S/C13H15BrF3NO2/c1-8-7-20-10(6-19)5-18(8)12-3-2-9(4-11(12)14)13(15,16)17/h2-4,8,10,19H,5-7H2,1H3. The van der Waals surface area contributed by atoms with Crippen molar-refractivity contribution in [2.24, 2.45) is 0 Å². The van der Waals surface area contributed by atoms with Crippen LogP contribution in [0.15, 0.2) is 22.7 Å². The lowest BCUT2D eigenvalue weighted by atomic mass is 10.1. The third-order valence-electron chi connectivity index (χ3n) is 3.29. The van der Waals surface area contributed by atoms with Crippen molar-refractivity contribution in [1.29, 1.82) is 0 Å². The molecule has 2 atom stereocenters. The number of morpholine rings is 1. The Balaban J connectivity index is 2.28. The Bertz CT molecular complexity index is 481. The van der Waals surface area contributed by atoms with Crippen LogP contribution in [0, 0.1) is 0 Å². The summed E-state index contributed by atoms with van der Waals surface area (Å²) in [5.74, 6) is 0. The van der Waals surface area contributed by atoms with Gasteiger partial charge < -0.3 is 14.7 Å². The number of hydrogen-bond donors (Lipinski definition) is 1. The van der Waals surface area contributed by atoms with Gasteiger partial charge in [0.2, 0.25) is 0 Å². The minimum Gasteiger partial charge on any atom is -0.394 e. The molecule has 1 saturated heterocycles. The summed E-state index contributed by atoms with van der Waals surface area (Å²) in [6.45, 7) is 2.69. The lowest BCUT2D eigenvalue weighted by Crippen LogP contribution is -2.49. The highest BCUT2D eigenvalue weighted by Crippen LogP contribution is 2.36. The number of aliphatic hydroxyl groups is 1. The smallest absolute Gasteiger partial charge is 0.394 e. The number of nitrogens with zero attached hydrogens (tertiary/aromatic N) is 1. The first-order chi connectivity index (χ1) is 9.32. The van der Waals surface area contributed by atoms with Gasteiger partial charge in [-0.1, -0.05) is 0 Å². The average molecular weight is 354 g/mol. The zero-order chi connectivity index (χ0) is 14.9. The van der Waals surface area contributed by atoms with Crippen molar-refractivity contribution in [3.8, 4) is 0 Å². The predicted octanol–water partition coefficient (Wildman–Crippen LogP) is 3.05. The highest BCUT2D eigenvalue weighted by Gasteiger charge is 2.32. The zero-order valence-corrected chi connectivity index (χ0v) is 12.4. The van der Waals surface area contributed by atoms with Gasteiger partial charge in [0.1, 0.15) is 0 Å². The van der Waals surface area contributed by atoms with Gasteiger partial charge in [-0.25, -0.2) is 0 Å². The van der Waals surface area contributed by atoms with Crippen molar-refractivity contribution >= 4 is 21.6 Å². The second-order valence-corrected chi connectivity index (χ2v) is 5.66. The van der Waals surface area contributed by atoms with E-state index in [0.29, 0.717) is 23.3 Å². The van der Waals surface area contributed by atoms with Gasteiger partial charge in [-0.3, -0.25) is 0 Å². The monoisotopic (exact) mass is 353 g/mol. The van der Waals surface area contributed by atoms with Crippen LogP contribution in [-0.2, 0) is 10.9 Å². The number of rotatable bonds is 2. The van der Waals surface area contributed by atoms with Gasteiger partial charge in [0.05, 0.1) is 30.6 Å². The van der Waals surface area contributed by atoms with Crippen LogP contribution in [0.3, 0.4) is 0 Å². The molecule has 1 N–H and O–H groups in total. The van der Waals surface area contributed by atoms with E-state index in [1.807, 2.05) is 11.8 Å². The van der Waals surface area contributed by atoms with Gasteiger partial charge in [-0.15, -0.1) is 0 Å². The highest BCUT2D eigenvalue weighted by atomic mass is 79.9. The summed E-state index contributed by atoms with van der Waals surface area (Å²) in [6, 6.07) is 3.62. The number of benzene rings is 1. The quantitative estimate of drug-likeness (QED) is 0.886. The van der Waals surface area contributed by atoms with Gasteiger partial charge in [-0.05, 0) is 41.1 Å². The predicted molar refractivity (Wildman–Crippen MR) is 72.8 cm³/mol. The van der Waals surface area contributed by atoms with Gasteiger partial charge in [0.15, 0.2) is 0 Å². The normalized spacial score (nSPS) is 24.0. The van der Waals surface area contributed by atoms with Crippen LogP contribution in [0.25, 0.3) is 0 Å². The third kappa shape index (κ3) is 3.27. The molecule has 0 bridgehead atoms. The Morgan fingerprint density at radius 2 is 2.15 bits per heavy atom. The van der Waals surface area contributed by atoms with Crippen molar-refractivity contribution in [3.05, 3.63) is 28.2 Å². The second kappa shape index (κ2) is 5.91. The molecule has 0 amide bonds. The first-order valence-corrected chi connectivity index (χ1v) is 6.98. The van der Waals surface area contributed by atoms with E-state index < -0.39 is 11.7 Å². The highest BCUT2D eigenvalue weighted by molar-refractivity contribution is 9.10. The summed E-state index contributed by atoms with van der Waals surface area (Å²) < 4.78 is 43.8. The lowest BCUT2D eigenvalue weighted by Gasteiger charge is -2.39. The van der Waals surface area contributed by atoms with E-state index >= 15 is 0 Å². The van der Waals surface area contributed by atoms with Crippen molar-refractivity contribution in [3.63, 3.8) is 0 Å². The van der Waals surface area contributed by atoms with Crippen molar-refractivity contribution in [1.82, 2.24) is 0 Å². The van der Waals surface area contributed by atoms with Crippen LogP contribution in [0.1, 0.15) is 12.5 Å². The Labute approximate surface area is 123 Å². The van der Waals surface area contributed by atoms with Crippen LogP contribution in [-0.4, -0.2) is 37.0 Å². The van der Waals surface area contributed by atoms with E-state index in [2.05, 4.69) is 15.9 Å². The molecule has 20 heavy (non-hydrogen) atoms. The Kier molecular flexibility index (Phi) is 4.61. The fourth-order valence-electron chi connectivity index (χ4n) is 2.18. The molecule has 0 aromatic heterocycles. The molecule has 1 fully saturated rings. The number of ether oxygens (including phenoxy) is 1. The summed E-state index contributed by atoms with van der Waals surface area (Å²) in [6.07, 6.45) is -4.67. The molecule has 0 aliphatic carbocycles. The zero-order valence-electron chi connectivity index (χ0n) is 10.8. The maximum absolute atomic E-state index is 12.6. The van der Waals surface area contributed by atoms with Crippen LogP contribution in [0.4, 0.5) is 18.9 Å². The Morgan fingerprint density at radius 1 is 1.45 bits per heavy atom. The molecule has 1 aromatic rings. The van der Waals surface area contributed by atoms with Crippen molar-refractivity contribution in [2.45, 2.75) is 25.2 Å². The molecule has 0 saturated carbocycles. The maximum Gasteiger partial charge on any atom is 0.416 e. The van der Waals surface area contributed by atoms with E-state index in [1.165, 1.54) is 6.07 Å². The maximum atomic E-state index is 12.6. The van der Waals surface area contributed by atoms with Crippen LogP contribution in [0.2, 0.25) is 0 Å². The van der Waals surface area contributed by atoms with E-state index in [0.717, 1.165) is 12.1 Å². The summed E-state index contributed by atoms with van der Waals surface area (Å²) in [5.41, 5.74) is -0.0139. The molecule has 1 aliphatic heterocycles. The number of hydrogen-bond acceptors (Lipinski definition) is 3. The van der Waals surface area contributed by atoms with E-state index in [4.69, 9.17) is 9.84 Å². The summed E-state index contributed by atoms with van der Waals surface area (Å²) >= 11 is 3.20. The summed E-state index contributed by atoms with van der Waals surface area (Å²) in [7, 11) is 0. The van der Waals surface area contributed by atoms with E-state index in [-0.39, 0.29) is 18.8 Å². The molecule has 7 heteroatoms. The molecule has 1 heterocycles. The first kappa shape index (κ1) is 15.6. The van der Waals surface area contributed by atoms with Crippen molar-refractivity contribution in [2.75, 3.05) is 24.7 Å². The SMILES string of the molecule is CC1COC(CO)CN1c1ccc(C(F)(F)F)cc1Br. The molecular formula is C13H15BrF3NO2. The minimum atomic E-state index is -4.36. The van der Waals surface area contributed by atoms with E-state index in [9.17, 15) is 13.2 Å². The molecule has 3 nitrogen and oxygen atoms in total. The number of aliphatic hydroxyl groups excluding tert-OH is 1. The van der Waals surface area contributed by atoms with Gasteiger partial charge >= 0.3 is 6.18 Å².